The average Bonchev–Trinajstić information content (AvgIpc) is 2.04. The van der Waals surface area contributed by atoms with E-state index in [0.29, 0.717) is 5.56 Å². The van der Waals surface area contributed by atoms with E-state index in [2.05, 4.69) is 4.74 Å². The van der Waals surface area contributed by atoms with Gasteiger partial charge < -0.3 is 10.5 Å². The van der Waals surface area contributed by atoms with Crippen LogP contribution in [0.15, 0.2) is 24.3 Å². The average molecular weight is 180 g/mol. The molecular weight excluding hydrogens is 168 g/mol. The molecular formula is C9H12N2O2. The van der Waals surface area contributed by atoms with Crippen molar-refractivity contribution in [1.29, 1.82) is 5.41 Å². The van der Waals surface area contributed by atoms with Crippen LogP contribution in [0.4, 0.5) is 4.79 Å². The van der Waals surface area contributed by atoms with Gasteiger partial charge in [0.1, 0.15) is 0 Å². The van der Waals surface area contributed by atoms with E-state index in [4.69, 9.17) is 11.1 Å². The van der Waals surface area contributed by atoms with Gasteiger partial charge in [-0.3, -0.25) is 5.41 Å². The van der Waals surface area contributed by atoms with Crippen LogP contribution in [0.25, 0.3) is 0 Å². The Kier molecular flexibility index (Phi) is 2.64. The third kappa shape index (κ3) is 2.59. The number of hydrogen-bond acceptors (Lipinski definition) is 3. The van der Waals surface area contributed by atoms with Crippen LogP contribution < -0.4 is 5.73 Å². The number of benzene rings is 1. The van der Waals surface area contributed by atoms with E-state index in [9.17, 15) is 4.79 Å². The highest BCUT2D eigenvalue weighted by molar-refractivity contribution is 5.97. The third-order valence-electron chi connectivity index (χ3n) is 1.52. The lowest BCUT2D eigenvalue weighted by atomic mass is 10.1. The number of primary amides is 1. The molecule has 4 nitrogen and oxygen atoms in total. The fourth-order valence-electron chi connectivity index (χ4n) is 0.864. The summed E-state index contributed by atoms with van der Waals surface area (Å²) in [5, 5.41) is 7.31. The summed E-state index contributed by atoms with van der Waals surface area (Å²) in [5.74, 6) is -0.229. The van der Waals surface area contributed by atoms with Gasteiger partial charge in [-0.2, -0.15) is 0 Å². The molecule has 0 aromatic heterocycles. The lowest BCUT2D eigenvalue weighted by Crippen LogP contribution is -2.18. The smallest absolute Gasteiger partial charge is 0.391 e. The van der Waals surface area contributed by atoms with Gasteiger partial charge in [-0.05, 0) is 19.1 Å². The van der Waals surface area contributed by atoms with Crippen LogP contribution in [0.5, 0.6) is 0 Å². The number of nitrogens with one attached hydrogen (secondary N) is 1. The number of aryl methyl sites for hydroxylation is 1. The van der Waals surface area contributed by atoms with Crippen LogP contribution in [0.1, 0.15) is 12.6 Å². The van der Waals surface area contributed by atoms with Gasteiger partial charge in [0, 0.05) is 6.99 Å². The number of rotatable bonds is 1. The minimum absolute atomic E-state index is 0. The molecule has 0 aliphatic carbocycles. The van der Waals surface area contributed by atoms with Crippen LogP contribution in [-0.2, 0) is 4.74 Å². The molecule has 1 rings (SSSR count). The topological polar surface area (TPSA) is 76.2 Å². The Morgan fingerprint density at radius 1 is 1.46 bits per heavy atom. The normalized spacial score (nSPS) is 9.31. The second kappa shape index (κ2) is 3.71. The Balaban J connectivity index is 0.00000169. The van der Waals surface area contributed by atoms with E-state index in [1.807, 2.05) is 19.1 Å². The summed E-state index contributed by atoms with van der Waals surface area (Å²) in [6.07, 6.45) is -0.967. The Hall–Kier alpha value is -1.84. The fraction of sp³-hybridized carbons (Fsp3) is 0.111. The van der Waals surface area contributed by atoms with Gasteiger partial charge in [-0.25, -0.2) is 4.79 Å². The van der Waals surface area contributed by atoms with E-state index < -0.39 is 6.09 Å². The zero-order valence-electron chi connectivity index (χ0n) is 7.20. The Labute approximate surface area is 77.3 Å². The quantitative estimate of drug-likeness (QED) is 0.509. The van der Waals surface area contributed by atoms with Crippen molar-refractivity contribution in [2.45, 2.75) is 6.92 Å². The third-order valence-corrected chi connectivity index (χ3v) is 1.52. The molecule has 0 radical (unpaired) electrons. The van der Waals surface area contributed by atoms with E-state index in [1.165, 1.54) is 0 Å². The summed E-state index contributed by atoms with van der Waals surface area (Å²) in [7, 11) is 0. The Morgan fingerprint density at radius 3 is 2.46 bits per heavy atom. The van der Waals surface area contributed by atoms with Gasteiger partial charge in [-0.15, -0.1) is 0 Å². The van der Waals surface area contributed by atoms with Crippen LogP contribution in [0.3, 0.4) is 0 Å². The standard InChI is InChI=1S/C9H10N2O2.H2/c1-6-2-4-7(5-3-6)8(10)13-9(11)12;/h2-5,10H,1H3,(H2,11,12);1H. The lowest BCUT2D eigenvalue weighted by Gasteiger charge is -2.02. The zero-order chi connectivity index (χ0) is 9.84. The highest BCUT2D eigenvalue weighted by Crippen LogP contribution is 2.04. The molecule has 0 aliphatic rings. The van der Waals surface area contributed by atoms with E-state index in [-0.39, 0.29) is 7.32 Å². The SMILES string of the molecule is Cc1ccc(C(=N)OC(N)=O)cc1.[HH]. The number of nitrogens with two attached hydrogens (primary N) is 1. The van der Waals surface area contributed by atoms with Crippen molar-refractivity contribution in [2.75, 3.05) is 0 Å². The largest absolute Gasteiger partial charge is 0.411 e. The number of hydrogen-bond donors (Lipinski definition) is 2. The molecule has 1 aromatic rings. The fourth-order valence-corrected chi connectivity index (χ4v) is 0.864. The predicted molar refractivity (Wildman–Crippen MR) is 50.8 cm³/mol. The second-order valence-corrected chi connectivity index (χ2v) is 2.62. The van der Waals surface area contributed by atoms with Gasteiger partial charge >= 0.3 is 6.09 Å². The van der Waals surface area contributed by atoms with Gasteiger partial charge in [0.25, 0.3) is 0 Å². The molecule has 0 aliphatic heterocycles. The maximum absolute atomic E-state index is 10.3. The van der Waals surface area contributed by atoms with Crippen molar-refractivity contribution in [2.24, 2.45) is 5.73 Å². The molecule has 0 bridgehead atoms. The molecule has 1 amide bonds. The first-order valence-electron chi connectivity index (χ1n) is 3.72. The molecule has 13 heavy (non-hydrogen) atoms. The van der Waals surface area contributed by atoms with Gasteiger partial charge in [0.2, 0.25) is 5.90 Å². The summed E-state index contributed by atoms with van der Waals surface area (Å²) in [6.45, 7) is 1.93. The Morgan fingerprint density at radius 2 is 2.00 bits per heavy atom. The van der Waals surface area contributed by atoms with Gasteiger partial charge in [0.15, 0.2) is 0 Å². The van der Waals surface area contributed by atoms with E-state index >= 15 is 0 Å². The molecule has 0 saturated carbocycles. The molecule has 3 N–H and O–H groups in total. The number of ether oxygens (including phenoxy) is 1. The van der Waals surface area contributed by atoms with E-state index in [1.54, 1.807) is 12.1 Å². The second-order valence-electron chi connectivity index (χ2n) is 2.62. The van der Waals surface area contributed by atoms with Crippen LogP contribution >= 0.6 is 0 Å². The van der Waals surface area contributed by atoms with Crippen LogP contribution in [-0.4, -0.2) is 12.0 Å². The van der Waals surface area contributed by atoms with Crippen molar-refractivity contribution in [3.63, 3.8) is 0 Å². The molecule has 4 heteroatoms. The molecule has 0 saturated heterocycles. The molecule has 0 heterocycles. The summed E-state index contributed by atoms with van der Waals surface area (Å²) in [4.78, 5) is 10.3. The highest BCUT2D eigenvalue weighted by Gasteiger charge is 2.04. The lowest BCUT2D eigenvalue weighted by molar-refractivity contribution is 0.208. The maximum Gasteiger partial charge on any atom is 0.411 e. The molecule has 0 unspecified atom stereocenters. The molecule has 70 valence electrons. The molecule has 1 aromatic carbocycles. The molecule has 0 fully saturated rings. The summed E-state index contributed by atoms with van der Waals surface area (Å²) in [5.41, 5.74) is 6.37. The Bertz CT molecular complexity index is 335. The van der Waals surface area contributed by atoms with Crippen molar-refractivity contribution in [3.05, 3.63) is 35.4 Å². The zero-order valence-corrected chi connectivity index (χ0v) is 7.20. The number of carbonyl (C=O) groups is 1. The maximum atomic E-state index is 10.3. The number of amides is 1. The van der Waals surface area contributed by atoms with Crippen molar-refractivity contribution < 1.29 is 11.0 Å². The highest BCUT2D eigenvalue weighted by atomic mass is 16.6. The van der Waals surface area contributed by atoms with Crippen molar-refractivity contribution >= 4 is 12.0 Å². The van der Waals surface area contributed by atoms with Crippen molar-refractivity contribution in [1.82, 2.24) is 0 Å². The molecule has 0 spiro atoms. The van der Waals surface area contributed by atoms with E-state index in [0.717, 1.165) is 5.56 Å². The van der Waals surface area contributed by atoms with Crippen LogP contribution in [0.2, 0.25) is 0 Å². The van der Waals surface area contributed by atoms with Gasteiger partial charge in [0.05, 0.1) is 0 Å². The minimum Gasteiger partial charge on any atom is -0.391 e. The first-order chi connectivity index (χ1) is 6.09. The van der Waals surface area contributed by atoms with Crippen LogP contribution in [0, 0.1) is 12.3 Å². The number of carbonyl (C=O) groups excluding carboxylic acids is 1. The minimum atomic E-state index is -0.967. The summed E-state index contributed by atoms with van der Waals surface area (Å²) >= 11 is 0. The van der Waals surface area contributed by atoms with Gasteiger partial charge in [-0.1, -0.05) is 17.7 Å². The predicted octanol–water partition coefficient (Wildman–Crippen LogP) is 1.66. The molecule has 0 atom stereocenters. The first kappa shape index (κ1) is 9.25. The monoisotopic (exact) mass is 180 g/mol. The summed E-state index contributed by atoms with van der Waals surface area (Å²) < 4.78 is 4.40. The summed E-state index contributed by atoms with van der Waals surface area (Å²) in [6, 6.07) is 7.05. The first-order valence-corrected chi connectivity index (χ1v) is 3.72. The van der Waals surface area contributed by atoms with Crippen molar-refractivity contribution in [3.8, 4) is 0 Å².